The zero-order valence-corrected chi connectivity index (χ0v) is 18.6. The standard InChI is InChI=1S/C24H26N4O4/c1-14-8-9-15(2)18(10-14)25-21(29)12-20-24(30)26-23-22(19(13-31-3)27-28(20)23)16-6-5-7-17(11-16)32-4/h5-11,20H,12-13H2,1-4H3,(H,25,29)(H,26,30). The van der Waals surface area contributed by atoms with E-state index in [-0.39, 0.29) is 24.8 Å². The Kier molecular flexibility index (Phi) is 5.96. The molecule has 4 rings (SSSR count). The number of hydrogen-bond acceptors (Lipinski definition) is 5. The lowest BCUT2D eigenvalue weighted by Gasteiger charge is -2.12. The number of aryl methyl sites for hydroxylation is 2. The van der Waals surface area contributed by atoms with Crippen LogP contribution in [0.1, 0.15) is 29.3 Å². The molecule has 2 N–H and O–H groups in total. The summed E-state index contributed by atoms with van der Waals surface area (Å²) in [5.74, 6) is 0.731. The third kappa shape index (κ3) is 4.09. The Labute approximate surface area is 186 Å². The minimum absolute atomic E-state index is 0.0299. The summed E-state index contributed by atoms with van der Waals surface area (Å²) >= 11 is 0. The molecule has 2 aromatic carbocycles. The number of amides is 2. The molecule has 8 nitrogen and oxygen atoms in total. The molecule has 0 aliphatic carbocycles. The number of ether oxygens (including phenoxy) is 2. The number of methoxy groups -OCH3 is 2. The molecule has 0 fully saturated rings. The van der Waals surface area contributed by atoms with E-state index in [1.807, 2.05) is 56.3 Å². The number of nitrogens with one attached hydrogen (secondary N) is 2. The Hall–Kier alpha value is -3.65. The number of rotatable bonds is 7. The second kappa shape index (κ2) is 8.84. The summed E-state index contributed by atoms with van der Waals surface area (Å²) in [6, 6.07) is 12.6. The van der Waals surface area contributed by atoms with Crippen LogP contribution in [0.3, 0.4) is 0 Å². The highest BCUT2D eigenvalue weighted by atomic mass is 16.5. The van der Waals surface area contributed by atoms with Crippen molar-refractivity contribution in [2.75, 3.05) is 24.9 Å². The number of nitrogens with zero attached hydrogens (tertiary/aromatic N) is 2. The average Bonchev–Trinajstić information content (AvgIpc) is 3.26. The highest BCUT2D eigenvalue weighted by Crippen LogP contribution is 2.39. The van der Waals surface area contributed by atoms with Crippen molar-refractivity contribution < 1.29 is 19.1 Å². The lowest BCUT2D eigenvalue weighted by molar-refractivity contribution is -0.123. The smallest absolute Gasteiger partial charge is 0.251 e. The van der Waals surface area contributed by atoms with Crippen molar-refractivity contribution in [3.63, 3.8) is 0 Å². The van der Waals surface area contributed by atoms with Crippen molar-refractivity contribution in [2.24, 2.45) is 0 Å². The van der Waals surface area contributed by atoms with Crippen molar-refractivity contribution in [1.82, 2.24) is 9.78 Å². The number of hydrogen-bond donors (Lipinski definition) is 2. The van der Waals surface area contributed by atoms with Crippen LogP contribution in [0, 0.1) is 13.8 Å². The maximum atomic E-state index is 12.8. The summed E-state index contributed by atoms with van der Waals surface area (Å²) in [5.41, 5.74) is 5.03. The van der Waals surface area contributed by atoms with E-state index in [1.54, 1.807) is 18.9 Å². The van der Waals surface area contributed by atoms with E-state index in [1.165, 1.54) is 0 Å². The molecule has 8 heteroatoms. The Morgan fingerprint density at radius 1 is 1.19 bits per heavy atom. The van der Waals surface area contributed by atoms with E-state index < -0.39 is 6.04 Å². The molecule has 1 unspecified atom stereocenters. The van der Waals surface area contributed by atoms with Gasteiger partial charge in [0.2, 0.25) is 5.91 Å². The minimum Gasteiger partial charge on any atom is -0.497 e. The zero-order chi connectivity index (χ0) is 22.8. The summed E-state index contributed by atoms with van der Waals surface area (Å²) in [7, 11) is 3.19. The van der Waals surface area contributed by atoms with Crippen LogP contribution in [0.4, 0.5) is 11.5 Å². The van der Waals surface area contributed by atoms with Crippen molar-refractivity contribution in [2.45, 2.75) is 32.9 Å². The SMILES string of the molecule is COCc1nn2c(c1-c1cccc(OC)c1)NC(=O)C2CC(=O)Nc1cc(C)ccc1C. The van der Waals surface area contributed by atoms with Crippen LogP contribution in [0.5, 0.6) is 5.75 Å². The molecule has 1 aliphatic heterocycles. The Balaban J connectivity index is 1.64. The van der Waals surface area contributed by atoms with Gasteiger partial charge in [0.25, 0.3) is 5.91 Å². The summed E-state index contributed by atoms with van der Waals surface area (Å²) in [4.78, 5) is 25.6. The number of carbonyl (C=O) groups is 2. The molecule has 0 saturated heterocycles. The van der Waals surface area contributed by atoms with Crippen LogP contribution in [0.25, 0.3) is 11.1 Å². The third-order valence-corrected chi connectivity index (χ3v) is 5.51. The lowest BCUT2D eigenvalue weighted by atomic mass is 10.1. The fourth-order valence-electron chi connectivity index (χ4n) is 3.88. The number of fused-ring (bicyclic) bond motifs is 1. The van der Waals surface area contributed by atoms with Crippen molar-refractivity contribution in [3.05, 3.63) is 59.3 Å². The van der Waals surface area contributed by atoms with Crippen LogP contribution >= 0.6 is 0 Å². The molecule has 1 atom stereocenters. The van der Waals surface area contributed by atoms with Gasteiger partial charge in [0.05, 0.1) is 31.4 Å². The maximum Gasteiger partial charge on any atom is 0.251 e. The summed E-state index contributed by atoms with van der Waals surface area (Å²) in [5, 5.41) is 10.5. The van der Waals surface area contributed by atoms with Crippen LogP contribution in [0.2, 0.25) is 0 Å². The second-order valence-corrected chi connectivity index (χ2v) is 7.86. The van der Waals surface area contributed by atoms with Gasteiger partial charge in [0.1, 0.15) is 17.6 Å². The molecular weight excluding hydrogens is 408 g/mol. The van der Waals surface area contributed by atoms with Gasteiger partial charge in [-0.3, -0.25) is 9.59 Å². The predicted molar refractivity (Wildman–Crippen MR) is 122 cm³/mol. The van der Waals surface area contributed by atoms with Crippen LogP contribution < -0.4 is 15.4 Å². The molecular formula is C24H26N4O4. The van der Waals surface area contributed by atoms with Crippen molar-refractivity contribution in [1.29, 1.82) is 0 Å². The molecule has 3 aromatic rings. The Morgan fingerprint density at radius 3 is 2.75 bits per heavy atom. The van der Waals surface area contributed by atoms with Crippen LogP contribution in [0.15, 0.2) is 42.5 Å². The van der Waals surface area contributed by atoms with Gasteiger partial charge in [-0.05, 0) is 48.7 Å². The number of aromatic nitrogens is 2. The predicted octanol–water partition coefficient (Wildman–Crippen LogP) is 3.84. The minimum atomic E-state index is -0.745. The van der Waals surface area contributed by atoms with Crippen LogP contribution in [-0.4, -0.2) is 35.8 Å². The van der Waals surface area contributed by atoms with Gasteiger partial charge >= 0.3 is 0 Å². The molecule has 0 radical (unpaired) electrons. The fourth-order valence-corrected chi connectivity index (χ4v) is 3.88. The Morgan fingerprint density at radius 2 is 2.00 bits per heavy atom. The normalized spacial score (nSPS) is 14.8. The summed E-state index contributed by atoms with van der Waals surface area (Å²) in [6.07, 6.45) is -0.0299. The third-order valence-electron chi connectivity index (χ3n) is 5.51. The van der Waals surface area contributed by atoms with Gasteiger partial charge in [0, 0.05) is 12.8 Å². The number of benzene rings is 2. The van der Waals surface area contributed by atoms with Crippen molar-refractivity contribution >= 4 is 23.3 Å². The summed E-state index contributed by atoms with van der Waals surface area (Å²) < 4.78 is 12.3. The maximum absolute atomic E-state index is 12.8. The van der Waals surface area contributed by atoms with Gasteiger partial charge in [-0.15, -0.1) is 0 Å². The van der Waals surface area contributed by atoms with E-state index in [9.17, 15) is 9.59 Å². The van der Waals surface area contributed by atoms with Gasteiger partial charge in [-0.1, -0.05) is 24.3 Å². The van der Waals surface area contributed by atoms with E-state index in [2.05, 4.69) is 15.7 Å². The molecule has 1 aromatic heterocycles. The van der Waals surface area contributed by atoms with Gasteiger partial charge in [-0.2, -0.15) is 5.10 Å². The number of anilines is 2. The summed E-state index contributed by atoms with van der Waals surface area (Å²) in [6.45, 7) is 4.16. The van der Waals surface area contributed by atoms with Gasteiger partial charge in [-0.25, -0.2) is 4.68 Å². The van der Waals surface area contributed by atoms with Gasteiger partial charge in [0.15, 0.2) is 0 Å². The van der Waals surface area contributed by atoms with E-state index in [4.69, 9.17) is 9.47 Å². The zero-order valence-electron chi connectivity index (χ0n) is 18.6. The molecule has 0 bridgehead atoms. The first-order valence-corrected chi connectivity index (χ1v) is 10.3. The second-order valence-electron chi connectivity index (χ2n) is 7.86. The number of carbonyl (C=O) groups excluding carboxylic acids is 2. The highest BCUT2D eigenvalue weighted by Gasteiger charge is 2.37. The first-order chi connectivity index (χ1) is 15.4. The largest absolute Gasteiger partial charge is 0.497 e. The molecule has 2 amide bonds. The molecule has 32 heavy (non-hydrogen) atoms. The Bertz CT molecular complexity index is 1180. The fraction of sp³-hybridized carbons (Fsp3) is 0.292. The van der Waals surface area contributed by atoms with Crippen LogP contribution in [-0.2, 0) is 20.9 Å². The highest BCUT2D eigenvalue weighted by molar-refractivity contribution is 6.04. The molecule has 2 heterocycles. The quantitative estimate of drug-likeness (QED) is 0.589. The molecule has 1 aliphatic rings. The van der Waals surface area contributed by atoms with E-state index in [0.29, 0.717) is 17.3 Å². The lowest BCUT2D eigenvalue weighted by Crippen LogP contribution is -2.24. The first-order valence-electron chi connectivity index (χ1n) is 10.3. The monoisotopic (exact) mass is 434 g/mol. The van der Waals surface area contributed by atoms with Gasteiger partial charge < -0.3 is 20.1 Å². The topological polar surface area (TPSA) is 94.5 Å². The molecule has 166 valence electrons. The average molecular weight is 434 g/mol. The van der Waals surface area contributed by atoms with Crippen molar-refractivity contribution in [3.8, 4) is 16.9 Å². The first kappa shape index (κ1) is 21.6. The van der Waals surface area contributed by atoms with E-state index >= 15 is 0 Å². The molecule has 0 saturated carbocycles. The molecule has 0 spiro atoms. The van der Waals surface area contributed by atoms with E-state index in [0.717, 1.165) is 27.9 Å².